The Morgan fingerprint density at radius 1 is 1.27 bits per heavy atom. The summed E-state index contributed by atoms with van der Waals surface area (Å²) in [6.07, 6.45) is 2.45. The van der Waals surface area contributed by atoms with Crippen molar-refractivity contribution in [2.75, 3.05) is 12.3 Å². The van der Waals surface area contributed by atoms with E-state index in [-0.39, 0.29) is 5.91 Å². The van der Waals surface area contributed by atoms with E-state index in [4.69, 9.17) is 10.5 Å². The van der Waals surface area contributed by atoms with Crippen molar-refractivity contribution in [3.63, 3.8) is 0 Å². The predicted octanol–water partition coefficient (Wildman–Crippen LogP) is 3.23. The van der Waals surface area contributed by atoms with Gasteiger partial charge in [0.05, 0.1) is 11.3 Å². The molecule has 0 unspecified atom stereocenters. The number of pyridine rings is 1. The van der Waals surface area contributed by atoms with E-state index < -0.39 is 0 Å². The second-order valence-electron chi connectivity index (χ2n) is 5.46. The van der Waals surface area contributed by atoms with Crippen molar-refractivity contribution < 1.29 is 9.53 Å². The highest BCUT2D eigenvalue weighted by atomic mass is 16.5. The molecule has 1 aromatic heterocycles. The van der Waals surface area contributed by atoms with Crippen molar-refractivity contribution >= 4 is 11.6 Å². The third kappa shape index (κ3) is 4.48. The summed E-state index contributed by atoms with van der Waals surface area (Å²) in [5.74, 6) is 1.38. The topological polar surface area (TPSA) is 77.2 Å². The van der Waals surface area contributed by atoms with Gasteiger partial charge in [-0.25, -0.2) is 4.98 Å². The minimum absolute atomic E-state index is 0.126. The zero-order valence-corrected chi connectivity index (χ0v) is 12.9. The van der Waals surface area contributed by atoms with Gasteiger partial charge in [0, 0.05) is 18.8 Å². The van der Waals surface area contributed by atoms with E-state index in [1.54, 1.807) is 24.3 Å². The quantitative estimate of drug-likeness (QED) is 0.803. The molecule has 0 atom stereocenters. The summed E-state index contributed by atoms with van der Waals surface area (Å²) in [5, 5.41) is 2.87. The van der Waals surface area contributed by atoms with Crippen molar-refractivity contribution in [1.82, 2.24) is 10.3 Å². The number of amides is 1. The van der Waals surface area contributed by atoms with Crippen molar-refractivity contribution in [1.29, 1.82) is 0 Å². The fourth-order valence-corrected chi connectivity index (χ4v) is 1.84. The van der Waals surface area contributed by atoms with E-state index in [0.29, 0.717) is 35.3 Å². The van der Waals surface area contributed by atoms with Crippen LogP contribution in [0, 0.1) is 5.92 Å². The zero-order valence-electron chi connectivity index (χ0n) is 12.9. The first-order valence-corrected chi connectivity index (χ1v) is 7.33. The molecule has 3 N–H and O–H groups in total. The second kappa shape index (κ2) is 7.45. The molecular formula is C17H21N3O2. The number of aromatic nitrogens is 1. The predicted molar refractivity (Wildman–Crippen MR) is 87.0 cm³/mol. The summed E-state index contributed by atoms with van der Waals surface area (Å²) in [7, 11) is 0. The van der Waals surface area contributed by atoms with Gasteiger partial charge in [0.1, 0.15) is 0 Å². The van der Waals surface area contributed by atoms with Crippen molar-refractivity contribution in [2.24, 2.45) is 5.92 Å². The lowest BCUT2D eigenvalue weighted by molar-refractivity contribution is 0.0951. The third-order valence-corrected chi connectivity index (χ3v) is 3.14. The van der Waals surface area contributed by atoms with E-state index in [0.717, 1.165) is 6.42 Å². The Labute approximate surface area is 130 Å². The Kier molecular flexibility index (Phi) is 5.36. The standard InChI is InChI=1S/C17H21N3O2/c1-12(2)9-10-19-17(21)13-7-8-16(20-11-13)22-15-6-4-3-5-14(15)18/h3-8,11-12H,9-10,18H2,1-2H3,(H,19,21). The SMILES string of the molecule is CC(C)CCNC(=O)c1ccc(Oc2ccccc2N)nc1. The van der Waals surface area contributed by atoms with Crippen LogP contribution in [0.4, 0.5) is 5.69 Å². The molecule has 1 aromatic carbocycles. The molecule has 0 radical (unpaired) electrons. The molecular weight excluding hydrogens is 278 g/mol. The molecule has 5 nitrogen and oxygen atoms in total. The number of ether oxygens (including phenoxy) is 1. The molecule has 0 saturated carbocycles. The van der Waals surface area contributed by atoms with Gasteiger partial charge in [0.15, 0.2) is 5.75 Å². The first-order valence-electron chi connectivity index (χ1n) is 7.33. The highest BCUT2D eigenvalue weighted by molar-refractivity contribution is 5.93. The highest BCUT2D eigenvalue weighted by Crippen LogP contribution is 2.25. The molecule has 5 heteroatoms. The number of nitrogens with one attached hydrogen (secondary N) is 1. The van der Waals surface area contributed by atoms with Gasteiger partial charge in [-0.2, -0.15) is 0 Å². The molecule has 1 amide bonds. The number of nitrogen functional groups attached to an aromatic ring is 1. The lowest BCUT2D eigenvalue weighted by atomic mass is 10.1. The van der Waals surface area contributed by atoms with E-state index in [2.05, 4.69) is 24.1 Å². The summed E-state index contributed by atoms with van der Waals surface area (Å²) in [5.41, 5.74) is 6.86. The molecule has 2 rings (SSSR count). The third-order valence-electron chi connectivity index (χ3n) is 3.14. The molecule has 116 valence electrons. The number of nitrogens with zero attached hydrogens (tertiary/aromatic N) is 1. The van der Waals surface area contributed by atoms with Crippen molar-refractivity contribution in [3.8, 4) is 11.6 Å². The fraction of sp³-hybridized carbons (Fsp3) is 0.294. The summed E-state index contributed by atoms with van der Waals surface area (Å²) in [6, 6.07) is 10.5. The lowest BCUT2D eigenvalue weighted by Gasteiger charge is -2.09. The Morgan fingerprint density at radius 3 is 2.68 bits per heavy atom. The molecule has 0 bridgehead atoms. The molecule has 0 spiro atoms. The Morgan fingerprint density at radius 2 is 2.05 bits per heavy atom. The minimum Gasteiger partial charge on any atom is -0.437 e. The van der Waals surface area contributed by atoms with Crippen LogP contribution < -0.4 is 15.8 Å². The van der Waals surface area contributed by atoms with Crippen molar-refractivity contribution in [3.05, 3.63) is 48.2 Å². The number of rotatable bonds is 6. The minimum atomic E-state index is -0.126. The maximum Gasteiger partial charge on any atom is 0.252 e. The monoisotopic (exact) mass is 299 g/mol. The van der Waals surface area contributed by atoms with Crippen LogP contribution in [0.25, 0.3) is 0 Å². The molecule has 0 aliphatic carbocycles. The van der Waals surface area contributed by atoms with Crippen LogP contribution in [0.5, 0.6) is 11.6 Å². The maximum absolute atomic E-state index is 11.9. The Balaban J connectivity index is 1.95. The number of carbonyl (C=O) groups excluding carboxylic acids is 1. The molecule has 2 aromatic rings. The van der Waals surface area contributed by atoms with E-state index in [1.165, 1.54) is 6.20 Å². The van der Waals surface area contributed by atoms with Gasteiger partial charge in [-0.05, 0) is 30.5 Å². The summed E-state index contributed by atoms with van der Waals surface area (Å²) in [4.78, 5) is 16.1. The maximum atomic E-state index is 11.9. The second-order valence-corrected chi connectivity index (χ2v) is 5.46. The average Bonchev–Trinajstić information content (AvgIpc) is 2.50. The van der Waals surface area contributed by atoms with Crippen LogP contribution in [0.1, 0.15) is 30.6 Å². The van der Waals surface area contributed by atoms with Gasteiger partial charge in [-0.1, -0.05) is 26.0 Å². The van der Waals surface area contributed by atoms with Crippen LogP contribution in [0.2, 0.25) is 0 Å². The zero-order chi connectivity index (χ0) is 15.9. The van der Waals surface area contributed by atoms with Gasteiger partial charge in [0.25, 0.3) is 5.91 Å². The number of hydrogen-bond donors (Lipinski definition) is 2. The molecule has 0 aliphatic rings. The Bertz CT molecular complexity index is 624. The largest absolute Gasteiger partial charge is 0.437 e. The lowest BCUT2D eigenvalue weighted by Crippen LogP contribution is -2.25. The van der Waals surface area contributed by atoms with Crippen molar-refractivity contribution in [2.45, 2.75) is 20.3 Å². The van der Waals surface area contributed by atoms with Crippen LogP contribution in [0.3, 0.4) is 0 Å². The summed E-state index contributed by atoms with van der Waals surface area (Å²) < 4.78 is 5.59. The summed E-state index contributed by atoms with van der Waals surface area (Å²) in [6.45, 7) is 4.90. The first-order chi connectivity index (χ1) is 10.6. The van der Waals surface area contributed by atoms with Gasteiger partial charge >= 0.3 is 0 Å². The smallest absolute Gasteiger partial charge is 0.252 e. The number of benzene rings is 1. The highest BCUT2D eigenvalue weighted by Gasteiger charge is 2.07. The molecule has 0 aliphatic heterocycles. The van der Waals surface area contributed by atoms with E-state index in [9.17, 15) is 4.79 Å². The summed E-state index contributed by atoms with van der Waals surface area (Å²) >= 11 is 0. The number of anilines is 1. The van der Waals surface area contributed by atoms with Gasteiger partial charge in [-0.3, -0.25) is 4.79 Å². The van der Waals surface area contributed by atoms with Crippen LogP contribution >= 0.6 is 0 Å². The van der Waals surface area contributed by atoms with Gasteiger partial charge < -0.3 is 15.8 Å². The number of carbonyl (C=O) groups is 1. The molecule has 0 saturated heterocycles. The number of hydrogen-bond acceptors (Lipinski definition) is 4. The number of para-hydroxylation sites is 2. The fourth-order valence-electron chi connectivity index (χ4n) is 1.84. The normalized spacial score (nSPS) is 10.5. The molecule has 1 heterocycles. The first kappa shape index (κ1) is 15.8. The van der Waals surface area contributed by atoms with Crippen LogP contribution in [0.15, 0.2) is 42.6 Å². The average molecular weight is 299 g/mol. The Hall–Kier alpha value is -2.56. The van der Waals surface area contributed by atoms with Gasteiger partial charge in [0.2, 0.25) is 5.88 Å². The van der Waals surface area contributed by atoms with E-state index in [1.807, 2.05) is 12.1 Å². The molecule has 0 fully saturated rings. The number of nitrogens with two attached hydrogens (primary N) is 1. The van der Waals surface area contributed by atoms with E-state index >= 15 is 0 Å². The van der Waals surface area contributed by atoms with Gasteiger partial charge in [-0.15, -0.1) is 0 Å². The molecule has 22 heavy (non-hydrogen) atoms. The van der Waals surface area contributed by atoms with Crippen LogP contribution in [-0.2, 0) is 0 Å². The van der Waals surface area contributed by atoms with Crippen LogP contribution in [-0.4, -0.2) is 17.4 Å².